The molecule has 2 aromatic heterocycles. The van der Waals surface area contributed by atoms with E-state index < -0.39 is 0 Å². The first kappa shape index (κ1) is 17.8. The van der Waals surface area contributed by atoms with Crippen molar-refractivity contribution in [2.45, 2.75) is 20.4 Å². The number of carbonyl (C=O) groups is 1. The summed E-state index contributed by atoms with van der Waals surface area (Å²) in [5.74, 6) is -0.646. The van der Waals surface area contributed by atoms with Gasteiger partial charge in [-0.15, -0.1) is 0 Å². The van der Waals surface area contributed by atoms with Gasteiger partial charge in [-0.3, -0.25) is 14.6 Å². The number of aromatic amines is 1. The van der Waals surface area contributed by atoms with Gasteiger partial charge in [-0.1, -0.05) is 12.1 Å². The summed E-state index contributed by atoms with van der Waals surface area (Å²) in [4.78, 5) is 12.4. The van der Waals surface area contributed by atoms with Crippen molar-refractivity contribution >= 4 is 43.5 Å². The van der Waals surface area contributed by atoms with E-state index in [0.717, 1.165) is 11.3 Å². The molecule has 0 saturated heterocycles. The number of amides is 1. The molecule has 1 aromatic carbocycles. The molecule has 0 aliphatic carbocycles. The molecule has 2 N–H and O–H groups in total. The Morgan fingerprint density at radius 1 is 1.36 bits per heavy atom. The fourth-order valence-electron chi connectivity index (χ4n) is 2.47. The summed E-state index contributed by atoms with van der Waals surface area (Å²) >= 11 is 6.55. The quantitative estimate of drug-likeness (QED) is 0.600. The van der Waals surface area contributed by atoms with E-state index >= 15 is 0 Å². The molecule has 0 saturated carbocycles. The van der Waals surface area contributed by atoms with E-state index in [1.165, 1.54) is 12.1 Å². The highest BCUT2D eigenvalue weighted by Crippen LogP contribution is 2.26. The van der Waals surface area contributed by atoms with Gasteiger partial charge >= 0.3 is 0 Å². The van der Waals surface area contributed by atoms with Crippen molar-refractivity contribution in [1.82, 2.24) is 20.0 Å². The lowest BCUT2D eigenvalue weighted by molar-refractivity contribution is 0.102. The lowest BCUT2D eigenvalue weighted by atomic mass is 10.2. The SMILES string of the molecule is Cc1nn(Cc2cccc(F)c2)c(C)c1NC(=O)c1n[nH]c(Br)c1Br. The first-order valence-corrected chi connectivity index (χ1v) is 8.94. The molecule has 3 aromatic rings. The maximum Gasteiger partial charge on any atom is 0.277 e. The Hall–Kier alpha value is -2.00. The van der Waals surface area contributed by atoms with E-state index in [4.69, 9.17) is 0 Å². The molecule has 3 rings (SSSR count). The van der Waals surface area contributed by atoms with E-state index in [0.29, 0.717) is 27.0 Å². The molecule has 0 unspecified atom stereocenters. The molecule has 0 fully saturated rings. The minimum Gasteiger partial charge on any atom is -0.317 e. The normalized spacial score (nSPS) is 10.9. The molecular formula is C16H14Br2FN5O. The van der Waals surface area contributed by atoms with Gasteiger partial charge in [0.25, 0.3) is 5.91 Å². The molecular weight excluding hydrogens is 457 g/mol. The predicted octanol–water partition coefficient (Wildman–Crippen LogP) is 4.19. The van der Waals surface area contributed by atoms with Crippen molar-refractivity contribution in [3.8, 4) is 0 Å². The maximum absolute atomic E-state index is 13.3. The highest BCUT2D eigenvalue weighted by atomic mass is 79.9. The summed E-state index contributed by atoms with van der Waals surface area (Å²) in [5, 5.41) is 13.9. The molecule has 0 aliphatic rings. The standard InChI is InChI=1S/C16H14Br2FN5O/c1-8-13(20-16(25)14-12(17)15(18)22-21-14)9(2)24(23-8)7-10-4-3-5-11(19)6-10/h3-6H,7H2,1-2H3,(H,20,25)(H,21,22). The van der Waals surface area contributed by atoms with Gasteiger partial charge in [0.05, 0.1) is 28.1 Å². The first-order valence-electron chi connectivity index (χ1n) is 7.36. The Morgan fingerprint density at radius 2 is 2.12 bits per heavy atom. The van der Waals surface area contributed by atoms with E-state index in [-0.39, 0.29) is 17.4 Å². The van der Waals surface area contributed by atoms with Crippen LogP contribution in [0.2, 0.25) is 0 Å². The van der Waals surface area contributed by atoms with Gasteiger partial charge in [0.2, 0.25) is 0 Å². The van der Waals surface area contributed by atoms with Gasteiger partial charge in [-0.05, 0) is 63.4 Å². The number of rotatable bonds is 4. The van der Waals surface area contributed by atoms with Crippen molar-refractivity contribution in [3.63, 3.8) is 0 Å². The fraction of sp³-hybridized carbons (Fsp3) is 0.188. The Bertz CT molecular complexity index is 950. The van der Waals surface area contributed by atoms with Crippen LogP contribution in [0.1, 0.15) is 27.4 Å². The molecule has 0 atom stereocenters. The second kappa shape index (κ2) is 7.09. The van der Waals surface area contributed by atoms with E-state index in [1.54, 1.807) is 17.7 Å². The Kier molecular flexibility index (Phi) is 5.05. The van der Waals surface area contributed by atoms with Crippen LogP contribution in [0.15, 0.2) is 33.3 Å². The Balaban J connectivity index is 1.84. The number of hydrogen-bond donors (Lipinski definition) is 2. The lowest BCUT2D eigenvalue weighted by Crippen LogP contribution is -2.14. The van der Waals surface area contributed by atoms with Crippen LogP contribution in [-0.4, -0.2) is 25.9 Å². The molecule has 0 radical (unpaired) electrons. The summed E-state index contributed by atoms with van der Waals surface area (Å²) in [6, 6.07) is 6.35. The third kappa shape index (κ3) is 3.67. The van der Waals surface area contributed by atoms with Gasteiger partial charge in [0, 0.05) is 0 Å². The number of carbonyl (C=O) groups excluding carboxylic acids is 1. The molecule has 6 nitrogen and oxygen atoms in total. The molecule has 0 aliphatic heterocycles. The van der Waals surface area contributed by atoms with Crippen LogP contribution in [0.25, 0.3) is 0 Å². The topological polar surface area (TPSA) is 75.6 Å². The van der Waals surface area contributed by atoms with Gasteiger partial charge in [-0.2, -0.15) is 10.2 Å². The third-order valence-corrected chi connectivity index (χ3v) is 5.60. The number of halogens is 3. The number of aromatic nitrogens is 4. The third-order valence-electron chi connectivity index (χ3n) is 3.72. The number of H-pyrrole nitrogens is 1. The van der Waals surface area contributed by atoms with Crippen LogP contribution in [0.5, 0.6) is 0 Å². The predicted molar refractivity (Wildman–Crippen MR) is 99.1 cm³/mol. The number of nitrogens with one attached hydrogen (secondary N) is 2. The van der Waals surface area contributed by atoms with Gasteiger partial charge in [0.1, 0.15) is 10.4 Å². The molecule has 0 spiro atoms. The second-order valence-electron chi connectivity index (χ2n) is 5.49. The molecule has 9 heteroatoms. The summed E-state index contributed by atoms with van der Waals surface area (Å²) in [7, 11) is 0. The number of nitrogens with zero attached hydrogens (tertiary/aromatic N) is 3. The summed E-state index contributed by atoms with van der Waals surface area (Å²) < 4.78 is 16.2. The van der Waals surface area contributed by atoms with E-state index in [2.05, 4.69) is 52.5 Å². The summed E-state index contributed by atoms with van der Waals surface area (Å²) in [5.41, 5.74) is 3.10. The number of anilines is 1. The lowest BCUT2D eigenvalue weighted by Gasteiger charge is -2.07. The highest BCUT2D eigenvalue weighted by Gasteiger charge is 2.20. The summed E-state index contributed by atoms with van der Waals surface area (Å²) in [6.45, 7) is 4.07. The summed E-state index contributed by atoms with van der Waals surface area (Å²) in [6.07, 6.45) is 0. The molecule has 2 heterocycles. The van der Waals surface area contributed by atoms with Gasteiger partial charge < -0.3 is 5.32 Å². The molecule has 0 bridgehead atoms. The van der Waals surface area contributed by atoms with Crippen LogP contribution in [0, 0.1) is 19.7 Å². The highest BCUT2D eigenvalue weighted by molar-refractivity contribution is 9.13. The zero-order valence-corrected chi connectivity index (χ0v) is 16.6. The average molecular weight is 471 g/mol. The number of aryl methyl sites for hydroxylation is 1. The van der Waals surface area contributed by atoms with Crippen molar-refractivity contribution in [3.05, 3.63) is 61.8 Å². The van der Waals surface area contributed by atoms with Gasteiger partial charge in [0.15, 0.2) is 5.69 Å². The fourth-order valence-corrected chi connectivity index (χ4v) is 3.10. The van der Waals surface area contributed by atoms with Crippen LogP contribution < -0.4 is 5.32 Å². The average Bonchev–Trinajstić information content (AvgIpc) is 3.02. The van der Waals surface area contributed by atoms with Crippen molar-refractivity contribution in [2.24, 2.45) is 0 Å². The monoisotopic (exact) mass is 469 g/mol. The largest absolute Gasteiger partial charge is 0.317 e. The van der Waals surface area contributed by atoms with Crippen LogP contribution in [-0.2, 0) is 6.54 Å². The van der Waals surface area contributed by atoms with Crippen molar-refractivity contribution < 1.29 is 9.18 Å². The smallest absolute Gasteiger partial charge is 0.277 e. The first-order chi connectivity index (χ1) is 11.9. The van der Waals surface area contributed by atoms with Crippen LogP contribution >= 0.6 is 31.9 Å². The van der Waals surface area contributed by atoms with Gasteiger partial charge in [-0.25, -0.2) is 4.39 Å². The molecule has 25 heavy (non-hydrogen) atoms. The van der Waals surface area contributed by atoms with E-state index in [1.807, 2.05) is 13.0 Å². The Morgan fingerprint density at radius 3 is 2.76 bits per heavy atom. The van der Waals surface area contributed by atoms with Crippen LogP contribution in [0.3, 0.4) is 0 Å². The van der Waals surface area contributed by atoms with Crippen LogP contribution in [0.4, 0.5) is 10.1 Å². The minimum atomic E-state index is -0.356. The van der Waals surface area contributed by atoms with Crippen molar-refractivity contribution in [1.29, 1.82) is 0 Å². The van der Waals surface area contributed by atoms with E-state index in [9.17, 15) is 9.18 Å². The molecule has 130 valence electrons. The maximum atomic E-state index is 13.3. The number of benzene rings is 1. The zero-order valence-electron chi connectivity index (χ0n) is 13.4. The molecule has 1 amide bonds. The minimum absolute atomic E-state index is 0.239. The number of hydrogen-bond acceptors (Lipinski definition) is 3. The van der Waals surface area contributed by atoms with Crippen molar-refractivity contribution in [2.75, 3.05) is 5.32 Å². The second-order valence-corrected chi connectivity index (χ2v) is 7.07. The zero-order chi connectivity index (χ0) is 18.1. The Labute approximate surface area is 160 Å².